The quantitative estimate of drug-likeness (QED) is 0.694. The van der Waals surface area contributed by atoms with Crippen LogP contribution in [-0.4, -0.2) is 30.9 Å². The SMILES string of the molecule is O=C(NCCO)NCc1ccccc1OCC1CC1. The number of ether oxygens (including phenoxy) is 1. The van der Waals surface area contributed by atoms with Crippen LogP contribution >= 0.6 is 0 Å². The maximum absolute atomic E-state index is 11.4. The summed E-state index contributed by atoms with van der Waals surface area (Å²) in [6, 6.07) is 7.43. The van der Waals surface area contributed by atoms with Gasteiger partial charge in [-0.1, -0.05) is 18.2 Å². The first-order valence-electron chi connectivity index (χ1n) is 6.63. The second-order valence-corrected chi connectivity index (χ2v) is 4.70. The second kappa shape index (κ2) is 6.99. The molecule has 2 amide bonds. The van der Waals surface area contributed by atoms with Crippen molar-refractivity contribution in [3.63, 3.8) is 0 Å². The van der Waals surface area contributed by atoms with Gasteiger partial charge >= 0.3 is 6.03 Å². The van der Waals surface area contributed by atoms with Crippen LogP contribution in [0.15, 0.2) is 24.3 Å². The topological polar surface area (TPSA) is 70.6 Å². The number of para-hydroxylation sites is 1. The molecule has 1 aromatic carbocycles. The minimum Gasteiger partial charge on any atom is -0.493 e. The smallest absolute Gasteiger partial charge is 0.315 e. The van der Waals surface area contributed by atoms with Gasteiger partial charge in [-0.2, -0.15) is 0 Å². The lowest BCUT2D eigenvalue weighted by atomic mass is 10.2. The van der Waals surface area contributed by atoms with Gasteiger partial charge in [-0.25, -0.2) is 4.79 Å². The van der Waals surface area contributed by atoms with E-state index < -0.39 is 0 Å². The lowest BCUT2D eigenvalue weighted by molar-refractivity contribution is 0.233. The van der Waals surface area contributed by atoms with Gasteiger partial charge in [0.15, 0.2) is 0 Å². The minimum absolute atomic E-state index is 0.0610. The summed E-state index contributed by atoms with van der Waals surface area (Å²) in [4.78, 5) is 11.4. The number of urea groups is 1. The van der Waals surface area contributed by atoms with E-state index in [4.69, 9.17) is 9.84 Å². The van der Waals surface area contributed by atoms with Gasteiger partial charge in [0.2, 0.25) is 0 Å². The molecule has 0 radical (unpaired) electrons. The highest BCUT2D eigenvalue weighted by atomic mass is 16.5. The van der Waals surface area contributed by atoms with Gasteiger partial charge in [0.25, 0.3) is 0 Å². The van der Waals surface area contributed by atoms with E-state index >= 15 is 0 Å². The van der Waals surface area contributed by atoms with Crippen molar-refractivity contribution in [3.8, 4) is 5.75 Å². The Morgan fingerprint density at radius 3 is 2.84 bits per heavy atom. The zero-order chi connectivity index (χ0) is 13.5. The number of amides is 2. The van der Waals surface area contributed by atoms with E-state index in [9.17, 15) is 4.79 Å². The Hall–Kier alpha value is -1.75. The second-order valence-electron chi connectivity index (χ2n) is 4.70. The van der Waals surface area contributed by atoms with E-state index in [1.165, 1.54) is 12.8 Å². The van der Waals surface area contributed by atoms with Gasteiger partial charge in [-0.15, -0.1) is 0 Å². The molecule has 5 nitrogen and oxygen atoms in total. The number of aliphatic hydroxyl groups excluding tert-OH is 1. The average molecular weight is 264 g/mol. The molecule has 1 saturated carbocycles. The fourth-order valence-electron chi connectivity index (χ4n) is 1.69. The summed E-state index contributed by atoms with van der Waals surface area (Å²) in [5, 5.41) is 13.9. The van der Waals surface area contributed by atoms with Gasteiger partial charge < -0.3 is 20.5 Å². The zero-order valence-electron chi connectivity index (χ0n) is 10.9. The van der Waals surface area contributed by atoms with E-state index in [0.717, 1.165) is 17.9 Å². The molecule has 0 spiro atoms. The van der Waals surface area contributed by atoms with Gasteiger partial charge in [-0.05, 0) is 24.8 Å². The number of nitrogens with one attached hydrogen (secondary N) is 2. The van der Waals surface area contributed by atoms with E-state index in [1.54, 1.807) is 0 Å². The van der Waals surface area contributed by atoms with Gasteiger partial charge in [-0.3, -0.25) is 0 Å². The molecule has 0 saturated heterocycles. The molecule has 1 aliphatic carbocycles. The van der Waals surface area contributed by atoms with Crippen LogP contribution in [0.2, 0.25) is 0 Å². The Labute approximate surface area is 113 Å². The molecule has 0 unspecified atom stereocenters. The number of rotatable bonds is 7. The van der Waals surface area contributed by atoms with Crippen molar-refractivity contribution in [1.29, 1.82) is 0 Å². The van der Waals surface area contributed by atoms with Crippen LogP contribution in [0.4, 0.5) is 4.79 Å². The van der Waals surface area contributed by atoms with Crippen LogP contribution in [0.25, 0.3) is 0 Å². The van der Waals surface area contributed by atoms with Crippen LogP contribution in [-0.2, 0) is 6.54 Å². The molecule has 1 fully saturated rings. The van der Waals surface area contributed by atoms with Crippen LogP contribution < -0.4 is 15.4 Å². The predicted molar refractivity (Wildman–Crippen MR) is 72.0 cm³/mol. The number of carbonyl (C=O) groups is 1. The molecule has 0 aromatic heterocycles. The van der Waals surface area contributed by atoms with E-state index in [2.05, 4.69) is 10.6 Å². The van der Waals surface area contributed by atoms with Gasteiger partial charge in [0.05, 0.1) is 13.2 Å². The first kappa shape index (κ1) is 13.7. The van der Waals surface area contributed by atoms with Crippen LogP contribution in [0.1, 0.15) is 18.4 Å². The fourth-order valence-corrected chi connectivity index (χ4v) is 1.69. The third kappa shape index (κ3) is 4.79. The highest BCUT2D eigenvalue weighted by Gasteiger charge is 2.22. The highest BCUT2D eigenvalue weighted by molar-refractivity contribution is 5.73. The molecule has 2 rings (SSSR count). The Bertz CT molecular complexity index is 419. The first-order chi connectivity index (χ1) is 9.29. The minimum atomic E-state index is -0.286. The molecule has 5 heteroatoms. The molecule has 0 heterocycles. The lowest BCUT2D eigenvalue weighted by Gasteiger charge is -2.12. The van der Waals surface area contributed by atoms with Crippen LogP contribution in [0.3, 0.4) is 0 Å². The van der Waals surface area contributed by atoms with Crippen LogP contribution in [0.5, 0.6) is 5.75 Å². The number of aliphatic hydroxyl groups is 1. The molecule has 1 aromatic rings. The summed E-state index contributed by atoms with van der Waals surface area (Å²) in [6.45, 7) is 1.37. The zero-order valence-corrected chi connectivity index (χ0v) is 10.9. The fraction of sp³-hybridized carbons (Fsp3) is 0.500. The summed E-state index contributed by atoms with van der Waals surface area (Å²) >= 11 is 0. The Balaban J connectivity index is 1.82. The summed E-state index contributed by atoms with van der Waals surface area (Å²) in [5.74, 6) is 1.53. The third-order valence-electron chi connectivity index (χ3n) is 2.98. The molecule has 0 aliphatic heterocycles. The number of benzene rings is 1. The standard InChI is InChI=1S/C14H20N2O3/c17-8-7-15-14(18)16-9-12-3-1-2-4-13(12)19-10-11-5-6-11/h1-4,11,17H,5-10H2,(H2,15,16,18). The van der Waals surface area contributed by atoms with E-state index in [1.807, 2.05) is 24.3 Å². The van der Waals surface area contributed by atoms with Crippen molar-refractivity contribution < 1.29 is 14.6 Å². The largest absolute Gasteiger partial charge is 0.493 e. The Morgan fingerprint density at radius 1 is 1.32 bits per heavy atom. The maximum atomic E-state index is 11.4. The summed E-state index contributed by atoms with van der Waals surface area (Å²) < 4.78 is 5.76. The van der Waals surface area contributed by atoms with E-state index in [0.29, 0.717) is 12.5 Å². The van der Waals surface area contributed by atoms with Gasteiger partial charge in [0, 0.05) is 18.7 Å². The van der Waals surface area contributed by atoms with Crippen LogP contribution in [0, 0.1) is 5.92 Å². The normalized spacial score (nSPS) is 13.9. The van der Waals surface area contributed by atoms with Crippen molar-refractivity contribution in [1.82, 2.24) is 10.6 Å². The Morgan fingerprint density at radius 2 is 2.11 bits per heavy atom. The van der Waals surface area contributed by atoms with Crippen molar-refractivity contribution in [2.75, 3.05) is 19.8 Å². The molecule has 19 heavy (non-hydrogen) atoms. The number of carbonyl (C=O) groups excluding carboxylic acids is 1. The maximum Gasteiger partial charge on any atom is 0.315 e. The monoisotopic (exact) mass is 264 g/mol. The Kier molecular flexibility index (Phi) is 5.03. The molecular formula is C14H20N2O3. The van der Waals surface area contributed by atoms with Crippen molar-refractivity contribution in [2.24, 2.45) is 5.92 Å². The van der Waals surface area contributed by atoms with E-state index in [-0.39, 0.29) is 19.2 Å². The van der Waals surface area contributed by atoms with Crippen molar-refractivity contribution in [3.05, 3.63) is 29.8 Å². The first-order valence-corrected chi connectivity index (χ1v) is 6.63. The van der Waals surface area contributed by atoms with Gasteiger partial charge in [0.1, 0.15) is 5.75 Å². The number of hydrogen-bond donors (Lipinski definition) is 3. The molecular weight excluding hydrogens is 244 g/mol. The predicted octanol–water partition coefficient (Wildman–Crippen LogP) is 1.27. The number of hydrogen-bond acceptors (Lipinski definition) is 3. The van der Waals surface area contributed by atoms with Crippen molar-refractivity contribution >= 4 is 6.03 Å². The molecule has 1 aliphatic rings. The lowest BCUT2D eigenvalue weighted by Crippen LogP contribution is -2.36. The summed E-state index contributed by atoms with van der Waals surface area (Å²) in [6.07, 6.45) is 2.51. The molecule has 104 valence electrons. The summed E-state index contributed by atoms with van der Waals surface area (Å²) in [5.41, 5.74) is 0.960. The van der Waals surface area contributed by atoms with Crippen molar-refractivity contribution in [2.45, 2.75) is 19.4 Å². The molecule has 0 atom stereocenters. The third-order valence-corrected chi connectivity index (χ3v) is 2.98. The molecule has 3 N–H and O–H groups in total. The molecule has 0 bridgehead atoms. The summed E-state index contributed by atoms with van der Waals surface area (Å²) in [7, 11) is 0. The highest BCUT2D eigenvalue weighted by Crippen LogP contribution is 2.30. The average Bonchev–Trinajstić information content (AvgIpc) is 3.25.